The summed E-state index contributed by atoms with van der Waals surface area (Å²) in [7, 11) is 0. The summed E-state index contributed by atoms with van der Waals surface area (Å²) >= 11 is 5.04. The Labute approximate surface area is 113 Å². The molecule has 2 rings (SSSR count). The molecule has 0 atom stereocenters. The van der Waals surface area contributed by atoms with Gasteiger partial charge in [0.05, 0.1) is 4.47 Å². The van der Waals surface area contributed by atoms with Gasteiger partial charge in [0, 0.05) is 24.4 Å². The lowest BCUT2D eigenvalue weighted by atomic mass is 9.87. The van der Waals surface area contributed by atoms with Crippen molar-refractivity contribution in [3.63, 3.8) is 0 Å². The van der Waals surface area contributed by atoms with Gasteiger partial charge in [0.15, 0.2) is 0 Å². The minimum atomic E-state index is 0.0798. The summed E-state index contributed by atoms with van der Waals surface area (Å²) in [6.45, 7) is 5.23. The van der Waals surface area contributed by atoms with Crippen molar-refractivity contribution in [1.82, 2.24) is 9.97 Å². The molecule has 0 aliphatic heterocycles. The molecule has 0 radical (unpaired) electrons. The maximum absolute atomic E-state index is 4.20. The molecule has 0 aromatic carbocycles. The van der Waals surface area contributed by atoms with Crippen LogP contribution in [0.4, 0.5) is 5.95 Å². The standard InChI is InChI=1S/C12H14BrN3S/c1-12(2,9-3-4-17-7-9)8-16-11-14-5-10(13)6-15-11/h3-7H,8H2,1-2H3,(H,14,15,16). The number of halogens is 1. The molecule has 0 bridgehead atoms. The van der Waals surface area contributed by atoms with Crippen LogP contribution in [0.5, 0.6) is 0 Å². The number of rotatable bonds is 4. The number of hydrogen-bond donors (Lipinski definition) is 1. The second-order valence-corrected chi connectivity index (χ2v) is 6.17. The first kappa shape index (κ1) is 12.5. The second kappa shape index (κ2) is 5.14. The van der Waals surface area contributed by atoms with Crippen LogP contribution in [-0.2, 0) is 5.41 Å². The third-order valence-electron chi connectivity index (χ3n) is 2.61. The van der Waals surface area contributed by atoms with Gasteiger partial charge in [-0.3, -0.25) is 0 Å². The van der Waals surface area contributed by atoms with E-state index < -0.39 is 0 Å². The lowest BCUT2D eigenvalue weighted by molar-refractivity contribution is 0.557. The monoisotopic (exact) mass is 311 g/mol. The minimum Gasteiger partial charge on any atom is -0.353 e. The zero-order valence-electron chi connectivity index (χ0n) is 9.77. The molecule has 0 saturated carbocycles. The quantitative estimate of drug-likeness (QED) is 0.935. The Morgan fingerprint density at radius 3 is 2.65 bits per heavy atom. The number of aromatic nitrogens is 2. The lowest BCUT2D eigenvalue weighted by Gasteiger charge is -2.24. The molecule has 5 heteroatoms. The van der Waals surface area contributed by atoms with E-state index in [-0.39, 0.29) is 5.41 Å². The Balaban J connectivity index is 2.00. The molecule has 2 aromatic rings. The van der Waals surface area contributed by atoms with E-state index >= 15 is 0 Å². The zero-order valence-corrected chi connectivity index (χ0v) is 12.2. The van der Waals surface area contributed by atoms with Crippen molar-refractivity contribution in [2.24, 2.45) is 0 Å². The van der Waals surface area contributed by atoms with Gasteiger partial charge in [-0.25, -0.2) is 9.97 Å². The van der Waals surface area contributed by atoms with Gasteiger partial charge >= 0.3 is 0 Å². The van der Waals surface area contributed by atoms with Crippen LogP contribution in [-0.4, -0.2) is 16.5 Å². The molecular weight excluding hydrogens is 298 g/mol. The Morgan fingerprint density at radius 2 is 2.06 bits per heavy atom. The minimum absolute atomic E-state index is 0.0798. The molecule has 0 amide bonds. The summed E-state index contributed by atoms with van der Waals surface area (Å²) in [4.78, 5) is 8.39. The molecule has 0 fully saturated rings. The van der Waals surface area contributed by atoms with E-state index in [1.807, 2.05) is 0 Å². The third-order valence-corrected chi connectivity index (χ3v) is 3.70. The maximum Gasteiger partial charge on any atom is 0.222 e. The van der Waals surface area contributed by atoms with Crippen LogP contribution in [0.3, 0.4) is 0 Å². The summed E-state index contributed by atoms with van der Waals surface area (Å²) in [5, 5.41) is 7.55. The number of nitrogens with one attached hydrogen (secondary N) is 1. The van der Waals surface area contributed by atoms with Gasteiger partial charge in [-0.2, -0.15) is 11.3 Å². The summed E-state index contributed by atoms with van der Waals surface area (Å²) in [6, 6.07) is 2.16. The fraction of sp³-hybridized carbons (Fsp3) is 0.333. The Bertz CT molecular complexity index is 465. The number of anilines is 1. The summed E-state index contributed by atoms with van der Waals surface area (Å²) in [5.41, 5.74) is 1.42. The van der Waals surface area contributed by atoms with Crippen molar-refractivity contribution in [3.05, 3.63) is 39.3 Å². The summed E-state index contributed by atoms with van der Waals surface area (Å²) < 4.78 is 0.889. The molecule has 2 heterocycles. The predicted molar refractivity (Wildman–Crippen MR) is 75.6 cm³/mol. The third kappa shape index (κ3) is 3.26. The van der Waals surface area contributed by atoms with Crippen LogP contribution in [0.25, 0.3) is 0 Å². The van der Waals surface area contributed by atoms with E-state index in [2.05, 4.69) is 61.9 Å². The Hall–Kier alpha value is -0.940. The van der Waals surface area contributed by atoms with Crippen LogP contribution in [0.15, 0.2) is 33.7 Å². The molecule has 1 N–H and O–H groups in total. The first-order valence-electron chi connectivity index (χ1n) is 5.32. The predicted octanol–water partition coefficient (Wildman–Crippen LogP) is 3.69. The van der Waals surface area contributed by atoms with E-state index in [9.17, 15) is 0 Å². The van der Waals surface area contributed by atoms with E-state index in [4.69, 9.17) is 0 Å². The van der Waals surface area contributed by atoms with Crippen molar-refractivity contribution in [2.75, 3.05) is 11.9 Å². The summed E-state index contributed by atoms with van der Waals surface area (Å²) in [5.74, 6) is 0.663. The molecule has 0 unspecified atom stereocenters. The van der Waals surface area contributed by atoms with E-state index in [1.54, 1.807) is 23.7 Å². The highest BCUT2D eigenvalue weighted by Crippen LogP contribution is 2.25. The van der Waals surface area contributed by atoms with Crippen LogP contribution < -0.4 is 5.32 Å². The van der Waals surface area contributed by atoms with Crippen LogP contribution >= 0.6 is 27.3 Å². The average molecular weight is 312 g/mol. The molecule has 0 spiro atoms. The van der Waals surface area contributed by atoms with Crippen molar-refractivity contribution < 1.29 is 0 Å². The number of hydrogen-bond acceptors (Lipinski definition) is 4. The first-order chi connectivity index (χ1) is 8.08. The molecule has 17 heavy (non-hydrogen) atoms. The van der Waals surface area contributed by atoms with Crippen molar-refractivity contribution >= 4 is 33.2 Å². The van der Waals surface area contributed by atoms with Crippen LogP contribution in [0.2, 0.25) is 0 Å². The summed E-state index contributed by atoms with van der Waals surface area (Å²) in [6.07, 6.45) is 3.49. The SMILES string of the molecule is CC(C)(CNc1ncc(Br)cn1)c1ccsc1. The molecule has 90 valence electrons. The van der Waals surface area contributed by atoms with Gasteiger partial charge < -0.3 is 5.32 Å². The van der Waals surface area contributed by atoms with E-state index in [0.29, 0.717) is 5.95 Å². The smallest absolute Gasteiger partial charge is 0.222 e. The van der Waals surface area contributed by atoms with Gasteiger partial charge in [-0.15, -0.1) is 0 Å². The second-order valence-electron chi connectivity index (χ2n) is 4.47. The topological polar surface area (TPSA) is 37.8 Å². The maximum atomic E-state index is 4.20. The lowest BCUT2D eigenvalue weighted by Crippen LogP contribution is -2.27. The highest BCUT2D eigenvalue weighted by Gasteiger charge is 2.20. The highest BCUT2D eigenvalue weighted by atomic mass is 79.9. The first-order valence-corrected chi connectivity index (χ1v) is 7.05. The number of thiophene rings is 1. The molecular formula is C12H14BrN3S. The van der Waals surface area contributed by atoms with Gasteiger partial charge in [-0.1, -0.05) is 13.8 Å². The fourth-order valence-electron chi connectivity index (χ4n) is 1.46. The highest BCUT2D eigenvalue weighted by molar-refractivity contribution is 9.10. The van der Waals surface area contributed by atoms with Gasteiger partial charge in [0.25, 0.3) is 0 Å². The van der Waals surface area contributed by atoms with Crippen molar-refractivity contribution in [1.29, 1.82) is 0 Å². The van der Waals surface area contributed by atoms with Gasteiger partial charge in [0.2, 0.25) is 5.95 Å². The molecule has 3 nitrogen and oxygen atoms in total. The largest absolute Gasteiger partial charge is 0.353 e. The normalized spacial score (nSPS) is 11.5. The zero-order chi connectivity index (χ0) is 12.3. The molecule has 0 saturated heterocycles. The van der Waals surface area contributed by atoms with E-state index in [1.165, 1.54) is 5.56 Å². The van der Waals surface area contributed by atoms with Crippen molar-refractivity contribution in [3.8, 4) is 0 Å². The molecule has 0 aliphatic rings. The molecule has 2 aromatic heterocycles. The van der Waals surface area contributed by atoms with Crippen LogP contribution in [0, 0.1) is 0 Å². The van der Waals surface area contributed by atoms with E-state index in [0.717, 1.165) is 11.0 Å². The average Bonchev–Trinajstić information content (AvgIpc) is 2.82. The van der Waals surface area contributed by atoms with Crippen LogP contribution in [0.1, 0.15) is 19.4 Å². The number of nitrogens with zero attached hydrogens (tertiary/aromatic N) is 2. The Kier molecular flexibility index (Phi) is 3.79. The van der Waals surface area contributed by atoms with Gasteiger partial charge in [0.1, 0.15) is 0 Å². The Morgan fingerprint density at radius 1 is 1.35 bits per heavy atom. The fourth-order valence-corrected chi connectivity index (χ4v) is 2.51. The van der Waals surface area contributed by atoms with Gasteiger partial charge in [-0.05, 0) is 38.3 Å². The van der Waals surface area contributed by atoms with Crippen molar-refractivity contribution in [2.45, 2.75) is 19.3 Å². The molecule has 0 aliphatic carbocycles.